The summed E-state index contributed by atoms with van der Waals surface area (Å²) in [6.07, 6.45) is 11.3. The van der Waals surface area contributed by atoms with Crippen LogP contribution < -0.4 is 24.8 Å². The zero-order valence-electron chi connectivity index (χ0n) is 28.5. The molecule has 0 unspecified atom stereocenters. The molecule has 3 aromatic rings. The van der Waals surface area contributed by atoms with Gasteiger partial charge in [0.1, 0.15) is 0 Å². The largest absolute Gasteiger partial charge is 1.00 e. The van der Waals surface area contributed by atoms with Crippen molar-refractivity contribution < 1.29 is 46.1 Å². The summed E-state index contributed by atoms with van der Waals surface area (Å²) < 4.78 is 3.89. The van der Waals surface area contributed by atoms with E-state index in [1.165, 1.54) is 55.7 Å². The molecule has 0 amide bonds. The van der Waals surface area contributed by atoms with Gasteiger partial charge in [0, 0.05) is 0 Å². The molecule has 0 fully saturated rings. The van der Waals surface area contributed by atoms with Gasteiger partial charge < -0.3 is 24.8 Å². The summed E-state index contributed by atoms with van der Waals surface area (Å²) in [6, 6.07) is 21.8. The van der Waals surface area contributed by atoms with E-state index in [1.807, 2.05) is 0 Å². The molecular weight excluding hydrogens is 667 g/mol. The zero-order valence-corrected chi connectivity index (χ0v) is 32.5. The summed E-state index contributed by atoms with van der Waals surface area (Å²) >= 11 is -2.56. The molecule has 232 valence electrons. The van der Waals surface area contributed by atoms with Crippen LogP contribution in [-0.2, 0) is 32.1 Å². The van der Waals surface area contributed by atoms with Crippen molar-refractivity contribution in [1.29, 1.82) is 0 Å². The predicted octanol–water partition coefficient (Wildman–Crippen LogP) is 5.27. The Balaban J connectivity index is 0.00000200. The van der Waals surface area contributed by atoms with E-state index in [2.05, 4.69) is 148 Å². The van der Waals surface area contributed by atoms with Crippen molar-refractivity contribution in [2.24, 2.45) is 5.41 Å². The zero-order chi connectivity index (χ0) is 30.6. The maximum Gasteiger partial charge on any atom is -1.00 e. The first-order valence-electron chi connectivity index (χ1n) is 16.1. The van der Waals surface area contributed by atoms with E-state index >= 15 is 0 Å². The van der Waals surface area contributed by atoms with Gasteiger partial charge in [0.05, 0.1) is 0 Å². The van der Waals surface area contributed by atoms with Crippen LogP contribution in [0.15, 0.2) is 87.8 Å². The first kappa shape index (κ1) is 34.3. The van der Waals surface area contributed by atoms with Gasteiger partial charge in [-0.3, -0.25) is 0 Å². The molecule has 0 N–H and O–H groups in total. The van der Waals surface area contributed by atoms with Crippen LogP contribution in [0.1, 0.15) is 118 Å². The third-order valence-electron chi connectivity index (χ3n) is 10.7. The Labute approximate surface area is 291 Å². The number of halogens is 2. The van der Waals surface area contributed by atoms with Crippen LogP contribution in [0.4, 0.5) is 0 Å². The molecule has 0 aliphatic heterocycles. The van der Waals surface area contributed by atoms with Crippen LogP contribution in [-0.4, -0.2) is 3.21 Å². The maximum atomic E-state index is 2.66. The quantitative estimate of drug-likeness (QED) is 0.348. The minimum atomic E-state index is -2.56. The molecule has 7 rings (SSSR count). The average Bonchev–Trinajstić information content (AvgIpc) is 3.66. The van der Waals surface area contributed by atoms with Gasteiger partial charge in [0.2, 0.25) is 0 Å². The van der Waals surface area contributed by atoms with Crippen LogP contribution in [0.2, 0.25) is 0 Å². The molecule has 4 aliphatic carbocycles. The number of benzene rings is 3. The summed E-state index contributed by atoms with van der Waals surface area (Å²) in [4.78, 5) is 0. The van der Waals surface area contributed by atoms with Gasteiger partial charge in [-0.15, -0.1) is 0 Å². The van der Waals surface area contributed by atoms with Crippen LogP contribution >= 0.6 is 0 Å². The maximum absolute atomic E-state index is 2.66. The Morgan fingerprint density at radius 2 is 1.22 bits per heavy atom. The number of hydrogen-bond acceptors (Lipinski definition) is 0. The molecular formula is C42H46Cl2Zr. The van der Waals surface area contributed by atoms with Gasteiger partial charge in [-0.25, -0.2) is 0 Å². The standard InChI is InChI=1S/C25H25.C9H13.C8H8.2ClH.Zr/c1-14-12-24(3,4)22-8-16-7-17-9-23-19(15(2)13-25(23,5)6)11-21(17)20(16)10-18(14)22;1-9(2,3)8-6-4-5-7-8;1-2-8-6-4-3-5-7-8;;;/h7-13H,1-6H3;6-7H,4H2,1-3H3;3-7H,1H3;2*1H;/q;;;;;+2/p-2. The van der Waals surface area contributed by atoms with Crippen molar-refractivity contribution >= 4 is 14.4 Å². The molecule has 0 spiro atoms. The first-order chi connectivity index (χ1) is 20.2. The Hall–Kier alpha value is -2.05. The molecule has 0 saturated carbocycles. The van der Waals surface area contributed by atoms with Crippen molar-refractivity contribution in [2.75, 3.05) is 0 Å². The van der Waals surface area contributed by atoms with E-state index in [9.17, 15) is 0 Å². The third-order valence-corrected chi connectivity index (χ3v) is 18.9. The van der Waals surface area contributed by atoms with Gasteiger partial charge in [-0.2, -0.15) is 0 Å². The third kappa shape index (κ3) is 5.44. The number of rotatable bonds is 3. The van der Waals surface area contributed by atoms with E-state index in [4.69, 9.17) is 0 Å². The normalized spacial score (nSPS) is 18.8. The van der Waals surface area contributed by atoms with Crippen LogP contribution in [0, 0.1) is 5.41 Å². The van der Waals surface area contributed by atoms with Gasteiger partial charge in [0.25, 0.3) is 0 Å². The number of hydrogen-bond donors (Lipinski definition) is 0. The van der Waals surface area contributed by atoms with Crippen LogP contribution in [0.25, 0.3) is 22.3 Å². The second-order valence-electron chi connectivity index (χ2n) is 15.7. The van der Waals surface area contributed by atoms with Gasteiger partial charge in [0.15, 0.2) is 0 Å². The van der Waals surface area contributed by atoms with E-state index in [-0.39, 0.29) is 41.1 Å². The Kier molecular flexibility index (Phi) is 8.82. The minimum absolute atomic E-state index is 0. The molecule has 0 bridgehead atoms. The summed E-state index contributed by atoms with van der Waals surface area (Å²) in [7, 11) is 0. The van der Waals surface area contributed by atoms with E-state index < -0.39 is 21.3 Å². The Morgan fingerprint density at radius 3 is 1.67 bits per heavy atom. The van der Waals surface area contributed by atoms with E-state index in [0.717, 1.165) is 6.42 Å². The molecule has 0 aromatic heterocycles. The summed E-state index contributed by atoms with van der Waals surface area (Å²) in [5.74, 6) is 0. The monoisotopic (exact) mass is 710 g/mol. The molecule has 0 atom stereocenters. The average molecular weight is 713 g/mol. The minimum Gasteiger partial charge on any atom is -1.00 e. The summed E-state index contributed by atoms with van der Waals surface area (Å²) in [5.41, 5.74) is 18.2. The second-order valence-corrected chi connectivity index (χ2v) is 22.6. The topological polar surface area (TPSA) is 0 Å². The molecule has 0 radical (unpaired) electrons. The van der Waals surface area contributed by atoms with Crippen LogP contribution in [0.5, 0.6) is 0 Å². The SMILES string of the molecule is CC1=CC(C)(C)c2cc3c(cc21)-c1cc2c(cc1[CH]3/[Zr+2]([C]1=CC(C(C)(C)C)=CC1)=[C](\C)c1ccccc1)C(C)(C)C=C2C.[Cl-].[Cl-]. The van der Waals surface area contributed by atoms with Gasteiger partial charge in [-0.05, 0) is 0 Å². The number of allylic oxidation sites excluding steroid dienone is 8. The van der Waals surface area contributed by atoms with Gasteiger partial charge in [-0.1, -0.05) is 0 Å². The van der Waals surface area contributed by atoms with E-state index in [0.29, 0.717) is 3.63 Å². The molecule has 0 nitrogen and oxygen atoms in total. The van der Waals surface area contributed by atoms with Gasteiger partial charge >= 0.3 is 269 Å². The fourth-order valence-electron chi connectivity index (χ4n) is 8.49. The molecule has 0 heterocycles. The number of fused-ring (bicyclic) bond motifs is 5. The Morgan fingerprint density at radius 1 is 0.733 bits per heavy atom. The smallest absolute Gasteiger partial charge is 1.00 e. The molecule has 0 saturated heterocycles. The molecule has 45 heavy (non-hydrogen) atoms. The van der Waals surface area contributed by atoms with Crippen molar-refractivity contribution in [3.63, 3.8) is 0 Å². The van der Waals surface area contributed by atoms with E-state index in [1.54, 1.807) is 17.6 Å². The van der Waals surface area contributed by atoms with Crippen molar-refractivity contribution in [2.45, 2.75) is 90.1 Å². The predicted molar refractivity (Wildman–Crippen MR) is 184 cm³/mol. The second kappa shape index (κ2) is 11.6. The molecule has 3 aromatic carbocycles. The van der Waals surface area contributed by atoms with Crippen molar-refractivity contribution in [3.05, 3.63) is 127 Å². The van der Waals surface area contributed by atoms with Crippen LogP contribution in [0.3, 0.4) is 0 Å². The fourth-order valence-corrected chi connectivity index (χ4v) is 17.1. The molecule has 4 aliphatic rings. The fraction of sp³-hybridized carbons (Fsp3) is 0.357. The first-order valence-corrected chi connectivity index (χ1v) is 20.0. The molecule has 3 heteroatoms. The summed E-state index contributed by atoms with van der Waals surface area (Å²) in [6.45, 7) is 23.8. The van der Waals surface area contributed by atoms with Crippen molar-refractivity contribution in [3.8, 4) is 11.1 Å². The Bertz CT molecular complexity index is 1800. The summed E-state index contributed by atoms with van der Waals surface area (Å²) in [5, 5.41) is 0. The van der Waals surface area contributed by atoms with Crippen molar-refractivity contribution in [1.82, 2.24) is 0 Å².